The molecule has 1 aliphatic heterocycles. The number of fused-ring (bicyclic) bond motifs is 1. The molecule has 0 spiro atoms. The van der Waals surface area contributed by atoms with E-state index in [9.17, 15) is 0 Å². The van der Waals surface area contributed by atoms with Crippen LogP contribution in [0.5, 0.6) is 0 Å². The van der Waals surface area contributed by atoms with Crippen LogP contribution in [0.4, 0.5) is 0 Å². The molecule has 3 rings (SSSR count). The molecule has 1 aliphatic rings. The summed E-state index contributed by atoms with van der Waals surface area (Å²) in [7, 11) is 0. The van der Waals surface area contributed by atoms with Gasteiger partial charge in [-0.1, -0.05) is 15.9 Å². The molecule has 4 heteroatoms. The Hall–Kier alpha value is -0.870. The van der Waals surface area contributed by atoms with E-state index >= 15 is 0 Å². The van der Waals surface area contributed by atoms with E-state index in [0.717, 1.165) is 24.2 Å². The molecule has 2 heterocycles. The highest BCUT2D eigenvalue weighted by atomic mass is 79.9. The van der Waals surface area contributed by atoms with Crippen molar-refractivity contribution in [3.05, 3.63) is 28.9 Å². The van der Waals surface area contributed by atoms with Gasteiger partial charge >= 0.3 is 0 Å². The molecular formula is C11H11BrN2O. The number of hydrogen-bond acceptors (Lipinski definition) is 2. The van der Waals surface area contributed by atoms with Crippen molar-refractivity contribution in [2.24, 2.45) is 5.92 Å². The second-order valence-corrected chi connectivity index (χ2v) is 4.85. The van der Waals surface area contributed by atoms with Gasteiger partial charge in [0.15, 0.2) is 0 Å². The van der Waals surface area contributed by atoms with Gasteiger partial charge in [-0.05, 0) is 18.2 Å². The highest BCUT2D eigenvalue weighted by Crippen LogP contribution is 2.21. The third kappa shape index (κ3) is 1.68. The Kier molecular flexibility index (Phi) is 2.25. The fourth-order valence-electron chi connectivity index (χ4n) is 1.84. The SMILES string of the molecule is Brc1ccc2c(cnn2CC2COC2)c1. The van der Waals surface area contributed by atoms with Crippen LogP contribution in [0.25, 0.3) is 10.9 Å². The van der Waals surface area contributed by atoms with E-state index in [1.165, 1.54) is 10.9 Å². The summed E-state index contributed by atoms with van der Waals surface area (Å²) in [5.41, 5.74) is 1.20. The summed E-state index contributed by atoms with van der Waals surface area (Å²) in [4.78, 5) is 0. The van der Waals surface area contributed by atoms with Crippen LogP contribution in [0.2, 0.25) is 0 Å². The maximum Gasteiger partial charge on any atom is 0.0683 e. The van der Waals surface area contributed by atoms with Gasteiger partial charge in [-0.3, -0.25) is 4.68 Å². The van der Waals surface area contributed by atoms with Crippen molar-refractivity contribution in [2.75, 3.05) is 13.2 Å². The molecule has 1 aromatic carbocycles. The van der Waals surface area contributed by atoms with E-state index in [-0.39, 0.29) is 0 Å². The molecule has 3 nitrogen and oxygen atoms in total. The first kappa shape index (κ1) is 9.36. The smallest absolute Gasteiger partial charge is 0.0683 e. The van der Waals surface area contributed by atoms with Crippen LogP contribution in [0, 0.1) is 5.92 Å². The summed E-state index contributed by atoms with van der Waals surface area (Å²) < 4.78 is 8.33. The lowest BCUT2D eigenvalue weighted by Gasteiger charge is -2.25. The molecule has 2 aromatic rings. The Labute approximate surface area is 96.2 Å². The fraction of sp³-hybridized carbons (Fsp3) is 0.364. The van der Waals surface area contributed by atoms with Crippen LogP contribution in [-0.4, -0.2) is 23.0 Å². The van der Waals surface area contributed by atoms with Crippen molar-refractivity contribution in [1.82, 2.24) is 9.78 Å². The highest BCUT2D eigenvalue weighted by Gasteiger charge is 2.19. The molecule has 1 aromatic heterocycles. The Bertz CT molecular complexity index is 490. The van der Waals surface area contributed by atoms with Gasteiger partial charge in [-0.15, -0.1) is 0 Å². The Morgan fingerprint density at radius 2 is 2.33 bits per heavy atom. The van der Waals surface area contributed by atoms with E-state index in [1.807, 2.05) is 6.20 Å². The van der Waals surface area contributed by atoms with Gasteiger partial charge in [0.2, 0.25) is 0 Å². The van der Waals surface area contributed by atoms with Crippen molar-refractivity contribution in [1.29, 1.82) is 0 Å². The first-order chi connectivity index (χ1) is 7.33. The molecule has 0 atom stereocenters. The molecule has 0 unspecified atom stereocenters. The largest absolute Gasteiger partial charge is 0.381 e. The lowest BCUT2D eigenvalue weighted by molar-refractivity contribution is -0.0403. The van der Waals surface area contributed by atoms with Crippen molar-refractivity contribution in [2.45, 2.75) is 6.54 Å². The zero-order valence-electron chi connectivity index (χ0n) is 8.19. The number of rotatable bonds is 2. The number of nitrogens with zero attached hydrogens (tertiary/aromatic N) is 2. The van der Waals surface area contributed by atoms with Gasteiger partial charge in [0.05, 0.1) is 24.9 Å². The summed E-state index contributed by atoms with van der Waals surface area (Å²) in [6, 6.07) is 6.25. The minimum atomic E-state index is 0.636. The number of benzene rings is 1. The van der Waals surface area contributed by atoms with Crippen LogP contribution >= 0.6 is 15.9 Å². The van der Waals surface area contributed by atoms with E-state index < -0.39 is 0 Å². The van der Waals surface area contributed by atoms with Crippen molar-refractivity contribution in [3.63, 3.8) is 0 Å². The number of hydrogen-bond donors (Lipinski definition) is 0. The summed E-state index contributed by atoms with van der Waals surface area (Å²) in [5, 5.41) is 5.58. The minimum Gasteiger partial charge on any atom is -0.381 e. The molecule has 0 amide bonds. The predicted molar refractivity (Wildman–Crippen MR) is 61.7 cm³/mol. The maximum atomic E-state index is 5.17. The van der Waals surface area contributed by atoms with Gasteiger partial charge in [0.25, 0.3) is 0 Å². The predicted octanol–water partition coefficient (Wildman–Crippen LogP) is 2.45. The summed E-state index contributed by atoms with van der Waals surface area (Å²) in [6.07, 6.45) is 1.92. The van der Waals surface area contributed by atoms with E-state index in [2.05, 4.69) is 43.9 Å². The Morgan fingerprint density at radius 3 is 3.07 bits per heavy atom. The molecule has 0 N–H and O–H groups in total. The van der Waals surface area contributed by atoms with Crippen LogP contribution in [0.3, 0.4) is 0 Å². The number of aromatic nitrogens is 2. The average Bonchev–Trinajstić information content (AvgIpc) is 2.54. The van der Waals surface area contributed by atoms with E-state index in [0.29, 0.717) is 5.92 Å². The summed E-state index contributed by atoms with van der Waals surface area (Å²) >= 11 is 3.46. The molecule has 1 fully saturated rings. The van der Waals surface area contributed by atoms with Gasteiger partial charge < -0.3 is 4.74 Å². The van der Waals surface area contributed by atoms with Crippen LogP contribution in [0.1, 0.15) is 0 Å². The Balaban J connectivity index is 1.96. The standard InChI is InChI=1S/C11H11BrN2O/c12-10-1-2-11-9(3-10)4-13-14(11)5-8-6-15-7-8/h1-4,8H,5-7H2. The maximum absolute atomic E-state index is 5.17. The molecule has 0 aliphatic carbocycles. The molecule has 0 bridgehead atoms. The third-order valence-electron chi connectivity index (χ3n) is 2.74. The lowest BCUT2D eigenvalue weighted by Crippen LogP contribution is -2.31. The quantitative estimate of drug-likeness (QED) is 0.835. The number of halogens is 1. The van der Waals surface area contributed by atoms with Crippen molar-refractivity contribution >= 4 is 26.8 Å². The molecule has 0 radical (unpaired) electrons. The third-order valence-corrected chi connectivity index (χ3v) is 3.24. The van der Waals surface area contributed by atoms with Gasteiger partial charge in [0.1, 0.15) is 0 Å². The fourth-order valence-corrected chi connectivity index (χ4v) is 2.22. The van der Waals surface area contributed by atoms with E-state index in [1.54, 1.807) is 0 Å². The lowest BCUT2D eigenvalue weighted by atomic mass is 10.1. The minimum absolute atomic E-state index is 0.636. The zero-order chi connectivity index (χ0) is 10.3. The molecule has 0 saturated carbocycles. The molecule has 15 heavy (non-hydrogen) atoms. The number of ether oxygens (including phenoxy) is 1. The first-order valence-electron chi connectivity index (χ1n) is 5.02. The molecule has 1 saturated heterocycles. The second-order valence-electron chi connectivity index (χ2n) is 3.93. The van der Waals surface area contributed by atoms with Crippen LogP contribution in [-0.2, 0) is 11.3 Å². The zero-order valence-corrected chi connectivity index (χ0v) is 9.77. The average molecular weight is 267 g/mol. The van der Waals surface area contributed by atoms with Crippen LogP contribution < -0.4 is 0 Å². The van der Waals surface area contributed by atoms with Crippen molar-refractivity contribution in [3.8, 4) is 0 Å². The van der Waals surface area contributed by atoms with Gasteiger partial charge in [-0.25, -0.2) is 0 Å². The highest BCUT2D eigenvalue weighted by molar-refractivity contribution is 9.10. The molecule has 78 valence electrons. The van der Waals surface area contributed by atoms with Crippen molar-refractivity contribution < 1.29 is 4.74 Å². The van der Waals surface area contributed by atoms with E-state index in [4.69, 9.17) is 4.74 Å². The monoisotopic (exact) mass is 266 g/mol. The first-order valence-corrected chi connectivity index (χ1v) is 5.81. The summed E-state index contributed by atoms with van der Waals surface area (Å²) in [6.45, 7) is 2.71. The second kappa shape index (κ2) is 3.61. The molecular weight excluding hydrogens is 256 g/mol. The topological polar surface area (TPSA) is 27.1 Å². The summed E-state index contributed by atoms with van der Waals surface area (Å²) in [5.74, 6) is 0.636. The Morgan fingerprint density at radius 1 is 1.47 bits per heavy atom. The van der Waals surface area contributed by atoms with Gasteiger partial charge in [-0.2, -0.15) is 5.10 Å². The van der Waals surface area contributed by atoms with Crippen LogP contribution in [0.15, 0.2) is 28.9 Å². The normalized spacial score (nSPS) is 16.9. The van der Waals surface area contributed by atoms with Gasteiger partial charge in [0, 0.05) is 22.3 Å².